The van der Waals surface area contributed by atoms with Crippen molar-refractivity contribution in [3.8, 4) is 0 Å². The number of nitrogens with zero attached hydrogens (tertiary/aromatic N) is 1. The summed E-state index contributed by atoms with van der Waals surface area (Å²) in [5.41, 5.74) is 1.51. The van der Waals surface area contributed by atoms with Gasteiger partial charge in [-0.25, -0.2) is 0 Å². The highest BCUT2D eigenvalue weighted by molar-refractivity contribution is 5.14. The number of aryl methyl sites for hydroxylation is 1. The lowest BCUT2D eigenvalue weighted by atomic mass is 10.0. The summed E-state index contributed by atoms with van der Waals surface area (Å²) in [5.74, 6) is 0. The molecule has 0 aromatic heterocycles. The Labute approximate surface area is 228 Å². The molecule has 0 aliphatic rings. The van der Waals surface area contributed by atoms with E-state index >= 15 is 0 Å². The van der Waals surface area contributed by atoms with Crippen LogP contribution in [0.4, 0.5) is 0 Å². The molecule has 0 atom stereocenters. The third-order valence-corrected chi connectivity index (χ3v) is 7.94. The van der Waals surface area contributed by atoms with E-state index in [9.17, 15) is 0 Å². The summed E-state index contributed by atoms with van der Waals surface area (Å²) in [6, 6.07) is 11.0. The molecule has 1 aromatic rings. The fourth-order valence-corrected chi connectivity index (χ4v) is 5.47. The van der Waals surface area contributed by atoms with Crippen molar-refractivity contribution in [2.45, 2.75) is 168 Å². The van der Waals surface area contributed by atoms with E-state index in [1.807, 2.05) is 0 Å². The highest BCUT2D eigenvalue weighted by atomic mass is 15.1. The molecule has 0 bridgehead atoms. The van der Waals surface area contributed by atoms with Crippen molar-refractivity contribution < 1.29 is 0 Å². The first-order chi connectivity index (χ1) is 17.9. The van der Waals surface area contributed by atoms with Gasteiger partial charge in [-0.15, -0.1) is 0 Å². The molecule has 1 aromatic carbocycles. The minimum atomic E-state index is 1.26. The zero-order valence-electron chi connectivity index (χ0n) is 24.9. The molecule has 0 saturated heterocycles. The van der Waals surface area contributed by atoms with Crippen LogP contribution in [0.25, 0.3) is 0 Å². The molecule has 1 nitrogen and oxygen atoms in total. The van der Waals surface area contributed by atoms with E-state index in [-0.39, 0.29) is 0 Å². The molecule has 1 rings (SSSR count). The molecule has 0 aliphatic carbocycles. The Hall–Kier alpha value is -0.820. The van der Waals surface area contributed by atoms with Crippen LogP contribution < -0.4 is 0 Å². The Kier molecular flexibility index (Phi) is 25.1. The second kappa shape index (κ2) is 27.2. The van der Waals surface area contributed by atoms with Crippen LogP contribution in [0.3, 0.4) is 0 Å². The van der Waals surface area contributed by atoms with Crippen LogP contribution in [-0.4, -0.2) is 24.5 Å². The van der Waals surface area contributed by atoms with Crippen LogP contribution in [0.2, 0.25) is 0 Å². The third kappa shape index (κ3) is 22.4. The monoisotopic (exact) mass is 500 g/mol. The molecule has 0 heterocycles. The predicted molar refractivity (Wildman–Crippen MR) is 164 cm³/mol. The molecular formula is C35H65N. The Morgan fingerprint density at radius 1 is 0.389 bits per heavy atom. The van der Waals surface area contributed by atoms with Crippen molar-refractivity contribution in [3.05, 3.63) is 35.9 Å². The Morgan fingerprint density at radius 2 is 0.722 bits per heavy atom. The van der Waals surface area contributed by atoms with Gasteiger partial charge in [0, 0.05) is 0 Å². The molecule has 36 heavy (non-hydrogen) atoms. The number of hydrogen-bond acceptors (Lipinski definition) is 1. The van der Waals surface area contributed by atoms with Gasteiger partial charge in [-0.3, -0.25) is 0 Å². The van der Waals surface area contributed by atoms with Crippen molar-refractivity contribution in [3.63, 3.8) is 0 Å². The molecule has 0 spiro atoms. The second-order valence-electron chi connectivity index (χ2n) is 11.5. The van der Waals surface area contributed by atoms with Gasteiger partial charge in [-0.05, 0) is 57.3 Å². The summed E-state index contributed by atoms with van der Waals surface area (Å²) in [6.45, 7) is 8.70. The van der Waals surface area contributed by atoms with Crippen LogP contribution >= 0.6 is 0 Å². The zero-order valence-corrected chi connectivity index (χ0v) is 24.9. The predicted octanol–water partition coefficient (Wildman–Crippen LogP) is 11.5. The van der Waals surface area contributed by atoms with E-state index in [1.54, 1.807) is 0 Å². The maximum atomic E-state index is 2.82. The van der Waals surface area contributed by atoms with Gasteiger partial charge in [-0.1, -0.05) is 166 Å². The molecule has 0 unspecified atom stereocenters. The summed E-state index contributed by atoms with van der Waals surface area (Å²) < 4.78 is 0. The molecular weight excluding hydrogens is 434 g/mol. The fraction of sp³-hybridized carbons (Fsp3) is 0.829. The lowest BCUT2D eigenvalue weighted by molar-refractivity contribution is 0.254. The molecule has 0 N–H and O–H groups in total. The number of unbranched alkanes of at least 4 members (excludes halogenated alkanes) is 20. The number of rotatable bonds is 28. The van der Waals surface area contributed by atoms with E-state index in [0.29, 0.717) is 0 Å². The number of hydrogen-bond donors (Lipinski definition) is 0. The molecule has 0 radical (unpaired) electrons. The first kappa shape index (κ1) is 33.2. The molecule has 210 valence electrons. The summed E-state index contributed by atoms with van der Waals surface area (Å²) in [4.78, 5) is 2.82. The van der Waals surface area contributed by atoms with E-state index < -0.39 is 0 Å². The van der Waals surface area contributed by atoms with E-state index in [2.05, 4.69) is 49.1 Å². The smallest absolute Gasteiger partial charge is 0.00187 e. The van der Waals surface area contributed by atoms with Gasteiger partial charge in [0.25, 0.3) is 0 Å². The third-order valence-electron chi connectivity index (χ3n) is 7.94. The van der Waals surface area contributed by atoms with Crippen molar-refractivity contribution in [2.75, 3.05) is 19.6 Å². The second-order valence-corrected chi connectivity index (χ2v) is 11.5. The van der Waals surface area contributed by atoms with Crippen molar-refractivity contribution in [1.82, 2.24) is 4.90 Å². The lowest BCUT2D eigenvalue weighted by Crippen LogP contribution is -2.27. The topological polar surface area (TPSA) is 3.24 Å². The highest BCUT2D eigenvalue weighted by Crippen LogP contribution is 2.14. The SMILES string of the molecule is CCCCCCCCN(CCCCCCCC)CCCCCCCCCCCCCc1ccccc1. The van der Waals surface area contributed by atoms with E-state index in [0.717, 1.165) is 0 Å². The van der Waals surface area contributed by atoms with E-state index in [4.69, 9.17) is 0 Å². The summed E-state index contributed by atoms with van der Waals surface area (Å²) >= 11 is 0. The Bertz CT molecular complexity index is 509. The van der Waals surface area contributed by atoms with E-state index in [1.165, 1.54) is 179 Å². The fourth-order valence-electron chi connectivity index (χ4n) is 5.47. The summed E-state index contributed by atoms with van der Waals surface area (Å²) in [6.07, 6.45) is 34.2. The lowest BCUT2D eigenvalue weighted by Gasteiger charge is -2.22. The Balaban J connectivity index is 1.96. The summed E-state index contributed by atoms with van der Waals surface area (Å²) in [7, 11) is 0. The average molecular weight is 500 g/mol. The van der Waals surface area contributed by atoms with Crippen molar-refractivity contribution in [2.24, 2.45) is 0 Å². The molecule has 0 aliphatic heterocycles. The first-order valence-electron chi connectivity index (χ1n) is 16.6. The van der Waals surface area contributed by atoms with Crippen LogP contribution in [-0.2, 0) is 6.42 Å². The maximum Gasteiger partial charge on any atom is -0.00187 e. The van der Waals surface area contributed by atoms with Gasteiger partial charge in [0.2, 0.25) is 0 Å². The quantitative estimate of drug-likeness (QED) is 0.104. The summed E-state index contributed by atoms with van der Waals surface area (Å²) in [5, 5.41) is 0. The molecule has 0 fully saturated rings. The largest absolute Gasteiger partial charge is 0.303 e. The maximum absolute atomic E-state index is 2.82. The molecule has 1 heteroatoms. The molecule has 0 saturated carbocycles. The van der Waals surface area contributed by atoms with Gasteiger partial charge in [-0.2, -0.15) is 0 Å². The van der Waals surface area contributed by atoms with Crippen LogP contribution in [0.15, 0.2) is 30.3 Å². The first-order valence-corrected chi connectivity index (χ1v) is 16.6. The van der Waals surface area contributed by atoms with Gasteiger partial charge < -0.3 is 4.90 Å². The van der Waals surface area contributed by atoms with Gasteiger partial charge >= 0.3 is 0 Å². The van der Waals surface area contributed by atoms with Crippen LogP contribution in [0.5, 0.6) is 0 Å². The van der Waals surface area contributed by atoms with Crippen molar-refractivity contribution in [1.29, 1.82) is 0 Å². The van der Waals surface area contributed by atoms with Crippen molar-refractivity contribution >= 4 is 0 Å². The van der Waals surface area contributed by atoms with Crippen LogP contribution in [0.1, 0.15) is 167 Å². The zero-order chi connectivity index (χ0) is 25.8. The Morgan fingerprint density at radius 3 is 1.11 bits per heavy atom. The number of benzene rings is 1. The van der Waals surface area contributed by atoms with Gasteiger partial charge in [0.15, 0.2) is 0 Å². The normalized spacial score (nSPS) is 11.5. The highest BCUT2D eigenvalue weighted by Gasteiger charge is 2.05. The molecule has 0 amide bonds. The van der Waals surface area contributed by atoms with Gasteiger partial charge in [0.1, 0.15) is 0 Å². The minimum Gasteiger partial charge on any atom is -0.303 e. The average Bonchev–Trinajstić information content (AvgIpc) is 2.90. The minimum absolute atomic E-state index is 1.26. The standard InChI is InChI=1S/C35H65N/c1-3-5-7-9-19-26-32-36(33-27-20-10-8-6-4-2)34-28-21-17-15-13-11-12-14-16-18-23-29-35-30-24-22-25-31-35/h22,24-25,30-31H,3-21,23,26-29,32-34H2,1-2H3. The van der Waals surface area contributed by atoms with Crippen LogP contribution in [0, 0.1) is 0 Å². The van der Waals surface area contributed by atoms with Gasteiger partial charge in [0.05, 0.1) is 0 Å².